The van der Waals surface area contributed by atoms with Crippen LogP contribution in [0.1, 0.15) is 12.5 Å². The quantitative estimate of drug-likeness (QED) is 0.384. The van der Waals surface area contributed by atoms with Crippen LogP contribution >= 0.6 is 0 Å². The fourth-order valence-corrected chi connectivity index (χ4v) is 1.91. The molecule has 1 heterocycles. The zero-order valence-corrected chi connectivity index (χ0v) is 10.0. The molecule has 0 bridgehead atoms. The van der Waals surface area contributed by atoms with Gasteiger partial charge in [0.05, 0.1) is 12.6 Å². The molecular formula is C12H15N3O3. The van der Waals surface area contributed by atoms with Crippen molar-refractivity contribution in [1.29, 1.82) is 0 Å². The molecule has 0 spiro atoms. The van der Waals surface area contributed by atoms with Crippen LogP contribution in [0.5, 0.6) is 5.75 Å². The molecule has 1 saturated heterocycles. The highest BCUT2D eigenvalue weighted by molar-refractivity contribution is 6.00. The third-order valence-electron chi connectivity index (χ3n) is 3.01. The summed E-state index contributed by atoms with van der Waals surface area (Å²) in [5, 5.41) is 12.0. The highest BCUT2D eigenvalue weighted by Crippen LogP contribution is 2.22. The van der Waals surface area contributed by atoms with Gasteiger partial charge in [0.2, 0.25) is 11.8 Å². The number of nitrogens with zero attached hydrogens (tertiary/aromatic N) is 1. The lowest BCUT2D eigenvalue weighted by Gasteiger charge is -2.31. The molecule has 6 nitrogen and oxygen atoms in total. The SMILES string of the molecule is CC1C(=O)NC(=O)CN1Cc1cc(N)ccc1O. The van der Waals surface area contributed by atoms with Crippen LogP contribution in [-0.4, -0.2) is 34.4 Å². The van der Waals surface area contributed by atoms with Crippen LogP contribution in [0.3, 0.4) is 0 Å². The van der Waals surface area contributed by atoms with Crippen LogP contribution in [-0.2, 0) is 16.1 Å². The van der Waals surface area contributed by atoms with E-state index in [4.69, 9.17) is 5.73 Å². The van der Waals surface area contributed by atoms with Gasteiger partial charge in [0, 0.05) is 17.8 Å². The van der Waals surface area contributed by atoms with Gasteiger partial charge in [0.1, 0.15) is 5.75 Å². The van der Waals surface area contributed by atoms with Crippen molar-refractivity contribution in [2.24, 2.45) is 0 Å². The fraction of sp³-hybridized carbons (Fsp3) is 0.333. The number of phenolic OH excluding ortho intramolecular Hbond substituents is 1. The first-order valence-electron chi connectivity index (χ1n) is 5.62. The minimum atomic E-state index is -0.413. The average molecular weight is 249 g/mol. The van der Waals surface area contributed by atoms with Gasteiger partial charge in [0.25, 0.3) is 0 Å². The van der Waals surface area contributed by atoms with E-state index in [-0.39, 0.29) is 24.1 Å². The Balaban J connectivity index is 2.19. The van der Waals surface area contributed by atoms with E-state index in [1.165, 1.54) is 6.07 Å². The zero-order chi connectivity index (χ0) is 13.3. The van der Waals surface area contributed by atoms with E-state index in [2.05, 4.69) is 5.32 Å². The number of nitrogens with two attached hydrogens (primary N) is 1. The zero-order valence-electron chi connectivity index (χ0n) is 10.0. The van der Waals surface area contributed by atoms with Crippen molar-refractivity contribution in [3.05, 3.63) is 23.8 Å². The van der Waals surface area contributed by atoms with Crippen LogP contribution in [0, 0.1) is 0 Å². The molecule has 1 fully saturated rings. The molecule has 1 atom stereocenters. The number of imide groups is 1. The fourth-order valence-electron chi connectivity index (χ4n) is 1.91. The number of carbonyl (C=O) groups is 2. The van der Waals surface area contributed by atoms with E-state index in [9.17, 15) is 14.7 Å². The number of aromatic hydroxyl groups is 1. The Morgan fingerprint density at radius 1 is 1.50 bits per heavy atom. The first-order valence-corrected chi connectivity index (χ1v) is 5.62. The molecule has 0 aliphatic carbocycles. The monoisotopic (exact) mass is 249 g/mol. The van der Waals surface area contributed by atoms with Crippen molar-refractivity contribution in [3.8, 4) is 5.75 Å². The molecule has 1 unspecified atom stereocenters. The Labute approximate surface area is 104 Å². The summed E-state index contributed by atoms with van der Waals surface area (Å²) in [6, 6.07) is 4.32. The number of carbonyl (C=O) groups excluding carboxylic acids is 2. The summed E-state index contributed by atoms with van der Waals surface area (Å²) in [6.07, 6.45) is 0. The molecule has 96 valence electrons. The Hall–Kier alpha value is -2.08. The maximum Gasteiger partial charge on any atom is 0.243 e. The van der Waals surface area contributed by atoms with E-state index in [1.54, 1.807) is 24.0 Å². The summed E-state index contributed by atoms with van der Waals surface area (Å²) in [4.78, 5) is 24.5. The molecular weight excluding hydrogens is 234 g/mol. The van der Waals surface area contributed by atoms with E-state index in [0.717, 1.165) is 0 Å². The summed E-state index contributed by atoms with van der Waals surface area (Å²) in [6.45, 7) is 2.14. The molecule has 4 N–H and O–H groups in total. The van der Waals surface area contributed by atoms with Gasteiger partial charge in [-0.2, -0.15) is 0 Å². The second kappa shape index (κ2) is 4.66. The van der Waals surface area contributed by atoms with Crippen molar-refractivity contribution < 1.29 is 14.7 Å². The molecule has 0 saturated carbocycles. The highest BCUT2D eigenvalue weighted by Gasteiger charge is 2.30. The number of nitrogens with one attached hydrogen (secondary N) is 1. The van der Waals surface area contributed by atoms with Crippen LogP contribution < -0.4 is 11.1 Å². The number of nitrogen functional groups attached to an aromatic ring is 1. The molecule has 0 radical (unpaired) electrons. The van der Waals surface area contributed by atoms with Gasteiger partial charge in [-0.25, -0.2) is 0 Å². The van der Waals surface area contributed by atoms with Crippen LogP contribution in [0.15, 0.2) is 18.2 Å². The first-order chi connectivity index (χ1) is 8.47. The summed E-state index contributed by atoms with van der Waals surface area (Å²) >= 11 is 0. The summed E-state index contributed by atoms with van der Waals surface area (Å²) in [5.74, 6) is -0.550. The maximum absolute atomic E-state index is 11.5. The van der Waals surface area contributed by atoms with Crippen molar-refractivity contribution >= 4 is 17.5 Å². The van der Waals surface area contributed by atoms with E-state index < -0.39 is 6.04 Å². The minimum absolute atomic E-state index is 0.106. The lowest BCUT2D eigenvalue weighted by Crippen LogP contribution is -2.56. The standard InChI is InChI=1S/C12H15N3O3/c1-7-12(18)14-11(17)6-15(7)5-8-4-9(13)2-3-10(8)16/h2-4,7,16H,5-6,13H2,1H3,(H,14,17,18). The number of hydrogen-bond donors (Lipinski definition) is 3. The average Bonchev–Trinajstić information content (AvgIpc) is 2.30. The molecule has 2 rings (SSSR count). The number of piperazine rings is 1. The van der Waals surface area contributed by atoms with Gasteiger partial charge in [-0.15, -0.1) is 0 Å². The topological polar surface area (TPSA) is 95.7 Å². The Morgan fingerprint density at radius 3 is 2.94 bits per heavy atom. The molecule has 6 heteroatoms. The first kappa shape index (κ1) is 12.4. The molecule has 1 aromatic rings. The van der Waals surface area contributed by atoms with E-state index in [1.807, 2.05) is 0 Å². The molecule has 1 aliphatic rings. The number of amides is 2. The number of anilines is 1. The smallest absolute Gasteiger partial charge is 0.243 e. The number of benzene rings is 1. The van der Waals surface area contributed by atoms with Crippen LogP contribution in [0.25, 0.3) is 0 Å². The summed E-state index contributed by atoms with van der Waals surface area (Å²) in [5.41, 5.74) is 6.78. The third kappa shape index (κ3) is 2.43. The van der Waals surface area contributed by atoms with Gasteiger partial charge >= 0.3 is 0 Å². The molecule has 18 heavy (non-hydrogen) atoms. The number of phenols is 1. The van der Waals surface area contributed by atoms with Crippen molar-refractivity contribution in [2.75, 3.05) is 12.3 Å². The number of hydrogen-bond acceptors (Lipinski definition) is 5. The summed E-state index contributed by atoms with van der Waals surface area (Å²) < 4.78 is 0. The second-order valence-corrected chi connectivity index (χ2v) is 4.38. The largest absolute Gasteiger partial charge is 0.508 e. The van der Waals surface area contributed by atoms with Crippen molar-refractivity contribution in [2.45, 2.75) is 19.5 Å². The predicted octanol–water partition coefficient (Wildman–Crippen LogP) is -0.179. The molecule has 2 amide bonds. The molecule has 0 aromatic heterocycles. The van der Waals surface area contributed by atoms with Gasteiger partial charge in [0.15, 0.2) is 0 Å². The third-order valence-corrected chi connectivity index (χ3v) is 3.01. The lowest BCUT2D eigenvalue weighted by molar-refractivity contribution is -0.139. The summed E-state index contributed by atoms with van der Waals surface area (Å²) in [7, 11) is 0. The van der Waals surface area contributed by atoms with Gasteiger partial charge in [-0.3, -0.25) is 19.8 Å². The second-order valence-electron chi connectivity index (χ2n) is 4.38. The normalized spacial score (nSPS) is 20.8. The molecule has 1 aliphatic heterocycles. The van der Waals surface area contributed by atoms with Gasteiger partial charge in [-0.1, -0.05) is 0 Å². The minimum Gasteiger partial charge on any atom is -0.508 e. The number of rotatable bonds is 2. The Morgan fingerprint density at radius 2 is 2.22 bits per heavy atom. The van der Waals surface area contributed by atoms with Crippen molar-refractivity contribution in [1.82, 2.24) is 10.2 Å². The Bertz CT molecular complexity index is 501. The predicted molar refractivity (Wildman–Crippen MR) is 65.5 cm³/mol. The van der Waals surface area contributed by atoms with E-state index >= 15 is 0 Å². The van der Waals surface area contributed by atoms with Gasteiger partial charge < -0.3 is 10.8 Å². The van der Waals surface area contributed by atoms with Gasteiger partial charge in [-0.05, 0) is 25.1 Å². The van der Waals surface area contributed by atoms with Crippen LogP contribution in [0.2, 0.25) is 0 Å². The highest BCUT2D eigenvalue weighted by atomic mass is 16.3. The Kier molecular flexibility index (Phi) is 3.20. The van der Waals surface area contributed by atoms with Crippen LogP contribution in [0.4, 0.5) is 5.69 Å². The molecule has 1 aromatic carbocycles. The van der Waals surface area contributed by atoms with Crippen molar-refractivity contribution in [3.63, 3.8) is 0 Å². The van der Waals surface area contributed by atoms with E-state index in [0.29, 0.717) is 17.8 Å². The maximum atomic E-state index is 11.5. The lowest BCUT2D eigenvalue weighted by atomic mass is 10.1.